The molecule has 0 bridgehead atoms. The van der Waals surface area contributed by atoms with Crippen LogP contribution in [0.5, 0.6) is 5.88 Å². The fourth-order valence-corrected chi connectivity index (χ4v) is 3.80. The molecule has 8 nitrogen and oxygen atoms in total. The van der Waals surface area contributed by atoms with Crippen molar-refractivity contribution in [3.8, 4) is 5.88 Å². The highest BCUT2D eigenvalue weighted by Crippen LogP contribution is 2.23. The number of ether oxygens (including phenoxy) is 2. The largest absolute Gasteiger partial charge is 0.474 e. The topological polar surface area (TPSA) is 88.1 Å². The second-order valence-corrected chi connectivity index (χ2v) is 7.56. The highest BCUT2D eigenvalue weighted by atomic mass is 127. The van der Waals surface area contributed by atoms with Gasteiger partial charge in [0.15, 0.2) is 5.96 Å². The third kappa shape index (κ3) is 7.48. The molecular formula is C21H34IN5O3. The van der Waals surface area contributed by atoms with E-state index in [9.17, 15) is 4.79 Å². The number of likely N-dealkylation sites (tertiary alicyclic amines) is 1. The first kappa shape index (κ1) is 24.5. The molecule has 9 heteroatoms. The molecule has 2 heterocycles. The van der Waals surface area contributed by atoms with Gasteiger partial charge in [0.2, 0.25) is 5.88 Å². The first-order chi connectivity index (χ1) is 14.2. The van der Waals surface area contributed by atoms with E-state index in [2.05, 4.69) is 20.6 Å². The molecule has 1 amide bonds. The van der Waals surface area contributed by atoms with Crippen LogP contribution in [0, 0.1) is 0 Å². The van der Waals surface area contributed by atoms with Crippen LogP contribution in [0.3, 0.4) is 0 Å². The predicted octanol–water partition coefficient (Wildman–Crippen LogP) is 3.31. The second kappa shape index (κ2) is 12.8. The van der Waals surface area contributed by atoms with Crippen molar-refractivity contribution in [2.24, 2.45) is 4.99 Å². The molecule has 1 aliphatic heterocycles. The van der Waals surface area contributed by atoms with Crippen LogP contribution in [-0.2, 0) is 11.3 Å². The summed E-state index contributed by atoms with van der Waals surface area (Å²) in [6.45, 7) is 4.27. The van der Waals surface area contributed by atoms with Gasteiger partial charge in [0.1, 0.15) is 6.10 Å². The molecule has 2 N–H and O–H groups in total. The molecule has 0 atom stereocenters. The number of guanidine groups is 1. The van der Waals surface area contributed by atoms with Gasteiger partial charge in [-0.2, -0.15) is 0 Å². The Hall–Kier alpha value is -1.78. The van der Waals surface area contributed by atoms with Crippen LogP contribution in [0.15, 0.2) is 23.3 Å². The molecule has 0 radical (unpaired) electrons. The SMILES string of the molecule is CCOC(=O)N1CCC(NC(=NC)NCc2ccnc(OC3CCCC3)c2)CC1.I. The van der Waals surface area contributed by atoms with Crippen molar-refractivity contribution >= 4 is 36.0 Å². The summed E-state index contributed by atoms with van der Waals surface area (Å²) in [7, 11) is 1.77. The number of halogens is 1. The third-order valence-electron chi connectivity index (χ3n) is 5.43. The van der Waals surface area contributed by atoms with E-state index in [1.165, 1.54) is 12.8 Å². The maximum Gasteiger partial charge on any atom is 0.409 e. The minimum absolute atomic E-state index is 0. The Balaban J connectivity index is 0.00000320. The van der Waals surface area contributed by atoms with Gasteiger partial charge in [-0.15, -0.1) is 24.0 Å². The molecule has 0 spiro atoms. The van der Waals surface area contributed by atoms with E-state index in [-0.39, 0.29) is 36.1 Å². The maximum atomic E-state index is 11.8. The predicted molar refractivity (Wildman–Crippen MR) is 127 cm³/mol. The van der Waals surface area contributed by atoms with Crippen molar-refractivity contribution in [2.75, 3.05) is 26.7 Å². The van der Waals surface area contributed by atoms with E-state index in [1.54, 1.807) is 18.1 Å². The number of amides is 1. The van der Waals surface area contributed by atoms with Crippen molar-refractivity contribution in [3.63, 3.8) is 0 Å². The van der Waals surface area contributed by atoms with Gasteiger partial charge in [-0.25, -0.2) is 9.78 Å². The molecular weight excluding hydrogens is 497 g/mol. The Bertz CT molecular complexity index is 689. The van der Waals surface area contributed by atoms with Crippen molar-refractivity contribution in [1.29, 1.82) is 0 Å². The van der Waals surface area contributed by atoms with Gasteiger partial charge in [-0.1, -0.05) is 0 Å². The lowest BCUT2D eigenvalue weighted by atomic mass is 10.1. The Kier molecular flexibility index (Phi) is 10.5. The average Bonchev–Trinajstić information content (AvgIpc) is 3.25. The van der Waals surface area contributed by atoms with E-state index >= 15 is 0 Å². The lowest BCUT2D eigenvalue weighted by Crippen LogP contribution is -2.49. The summed E-state index contributed by atoms with van der Waals surface area (Å²) in [5.41, 5.74) is 1.10. The van der Waals surface area contributed by atoms with Crippen molar-refractivity contribution in [1.82, 2.24) is 20.5 Å². The van der Waals surface area contributed by atoms with Gasteiger partial charge < -0.3 is 25.0 Å². The summed E-state index contributed by atoms with van der Waals surface area (Å²) in [5, 5.41) is 6.81. The lowest BCUT2D eigenvalue weighted by molar-refractivity contribution is 0.0963. The summed E-state index contributed by atoms with van der Waals surface area (Å²) >= 11 is 0. The Morgan fingerprint density at radius 2 is 2.00 bits per heavy atom. The first-order valence-electron chi connectivity index (χ1n) is 10.7. The molecule has 1 aromatic rings. The number of aromatic nitrogens is 1. The fourth-order valence-electron chi connectivity index (χ4n) is 3.80. The van der Waals surface area contributed by atoms with E-state index in [4.69, 9.17) is 9.47 Å². The zero-order chi connectivity index (χ0) is 20.5. The molecule has 1 aliphatic carbocycles. The number of aliphatic imine (C=N–C) groups is 1. The van der Waals surface area contributed by atoms with Crippen LogP contribution >= 0.6 is 24.0 Å². The molecule has 168 valence electrons. The molecule has 1 aromatic heterocycles. The molecule has 30 heavy (non-hydrogen) atoms. The van der Waals surface area contributed by atoms with E-state index < -0.39 is 0 Å². The van der Waals surface area contributed by atoms with Gasteiger partial charge in [0, 0.05) is 45.0 Å². The molecule has 0 aromatic carbocycles. The van der Waals surface area contributed by atoms with Gasteiger partial charge in [0.05, 0.1) is 6.61 Å². The smallest absolute Gasteiger partial charge is 0.409 e. The normalized spacial score (nSPS) is 17.9. The number of pyridine rings is 1. The number of hydrogen-bond donors (Lipinski definition) is 2. The third-order valence-corrected chi connectivity index (χ3v) is 5.43. The number of nitrogens with one attached hydrogen (secondary N) is 2. The number of carbonyl (C=O) groups is 1. The van der Waals surface area contributed by atoms with Gasteiger partial charge in [-0.05, 0) is 57.1 Å². The monoisotopic (exact) mass is 531 g/mol. The van der Waals surface area contributed by atoms with Crippen LogP contribution < -0.4 is 15.4 Å². The van der Waals surface area contributed by atoms with Crippen LogP contribution in [0.1, 0.15) is 51.0 Å². The molecule has 0 unspecified atom stereocenters. The number of piperidine rings is 1. The summed E-state index contributed by atoms with van der Waals surface area (Å²) in [4.78, 5) is 22.2. The molecule has 3 rings (SSSR count). The number of nitrogens with zero attached hydrogens (tertiary/aromatic N) is 3. The van der Waals surface area contributed by atoms with Gasteiger partial charge >= 0.3 is 6.09 Å². The minimum atomic E-state index is -0.221. The van der Waals surface area contributed by atoms with Crippen LogP contribution in [0.2, 0.25) is 0 Å². The number of rotatable bonds is 6. The Labute approximate surface area is 196 Å². The number of hydrogen-bond acceptors (Lipinski definition) is 5. The highest BCUT2D eigenvalue weighted by molar-refractivity contribution is 14.0. The zero-order valence-electron chi connectivity index (χ0n) is 17.9. The lowest BCUT2D eigenvalue weighted by Gasteiger charge is -2.32. The Morgan fingerprint density at radius 3 is 2.67 bits per heavy atom. The Morgan fingerprint density at radius 1 is 1.27 bits per heavy atom. The minimum Gasteiger partial charge on any atom is -0.474 e. The maximum absolute atomic E-state index is 11.8. The number of carbonyl (C=O) groups excluding carboxylic acids is 1. The van der Waals surface area contributed by atoms with E-state index in [0.29, 0.717) is 38.2 Å². The summed E-state index contributed by atoms with van der Waals surface area (Å²) in [6, 6.07) is 4.27. The molecule has 2 aliphatic rings. The molecule has 1 saturated carbocycles. The van der Waals surface area contributed by atoms with Gasteiger partial charge in [0.25, 0.3) is 0 Å². The van der Waals surface area contributed by atoms with Gasteiger partial charge in [-0.3, -0.25) is 4.99 Å². The second-order valence-electron chi connectivity index (χ2n) is 7.56. The summed E-state index contributed by atoms with van der Waals surface area (Å²) in [5.74, 6) is 1.46. The van der Waals surface area contributed by atoms with Crippen molar-refractivity contribution in [3.05, 3.63) is 23.9 Å². The van der Waals surface area contributed by atoms with Crippen LogP contribution in [-0.4, -0.2) is 60.8 Å². The highest BCUT2D eigenvalue weighted by Gasteiger charge is 2.24. The molecule has 1 saturated heterocycles. The van der Waals surface area contributed by atoms with Crippen LogP contribution in [0.4, 0.5) is 4.79 Å². The van der Waals surface area contributed by atoms with E-state index in [0.717, 1.165) is 37.2 Å². The summed E-state index contributed by atoms with van der Waals surface area (Å²) < 4.78 is 11.1. The van der Waals surface area contributed by atoms with Crippen molar-refractivity contribution in [2.45, 2.75) is 64.1 Å². The quantitative estimate of drug-likeness (QED) is 0.333. The standard InChI is InChI=1S/C21H33N5O3.HI/c1-3-28-21(27)26-12-9-17(10-13-26)25-20(22-2)24-15-16-8-11-23-19(14-16)29-18-6-4-5-7-18;/h8,11,14,17-18H,3-7,9-10,12-13,15H2,1-2H3,(H2,22,24,25);1H. The summed E-state index contributed by atoms with van der Waals surface area (Å²) in [6.07, 6.45) is 8.35. The molecule has 2 fully saturated rings. The first-order valence-corrected chi connectivity index (χ1v) is 10.7. The average molecular weight is 531 g/mol. The fraction of sp³-hybridized carbons (Fsp3) is 0.667. The van der Waals surface area contributed by atoms with Crippen molar-refractivity contribution < 1.29 is 14.3 Å². The van der Waals surface area contributed by atoms with E-state index in [1.807, 2.05) is 19.1 Å². The zero-order valence-corrected chi connectivity index (χ0v) is 20.3. The van der Waals surface area contributed by atoms with Crippen LogP contribution in [0.25, 0.3) is 0 Å².